The maximum atomic E-state index is 11.0. The van der Waals surface area contributed by atoms with Crippen molar-refractivity contribution in [2.45, 2.75) is 52.9 Å². The third-order valence-corrected chi connectivity index (χ3v) is 3.31. The topological polar surface area (TPSA) is 80.3 Å². The van der Waals surface area contributed by atoms with Gasteiger partial charge in [0.2, 0.25) is 0 Å². The third-order valence-electron chi connectivity index (χ3n) is 3.31. The SMILES string of the molecule is CCCCCC(CC)C(C)(C(=O)[O-])C(=O)[O-].[Ba+2]. The minimum Gasteiger partial charge on any atom is -0.549 e. The summed E-state index contributed by atoms with van der Waals surface area (Å²) in [5.74, 6) is -3.51. The van der Waals surface area contributed by atoms with Crippen molar-refractivity contribution in [2.75, 3.05) is 0 Å². The van der Waals surface area contributed by atoms with Crippen molar-refractivity contribution in [1.82, 2.24) is 0 Å². The van der Waals surface area contributed by atoms with Crippen LogP contribution < -0.4 is 10.2 Å². The molecule has 0 saturated heterocycles. The molecule has 0 saturated carbocycles. The van der Waals surface area contributed by atoms with Gasteiger partial charge in [-0.3, -0.25) is 0 Å². The fraction of sp³-hybridized carbons (Fsp3) is 0.833. The molecule has 0 aliphatic rings. The molecule has 5 heteroatoms. The van der Waals surface area contributed by atoms with Crippen LogP contribution in [0.1, 0.15) is 52.9 Å². The van der Waals surface area contributed by atoms with Gasteiger partial charge >= 0.3 is 48.9 Å². The Kier molecular flexibility index (Phi) is 11.0. The predicted octanol–water partition coefficient (Wildman–Crippen LogP) is -0.282. The van der Waals surface area contributed by atoms with Crippen LogP contribution in [0.4, 0.5) is 0 Å². The molecule has 1 unspecified atom stereocenters. The van der Waals surface area contributed by atoms with Crippen LogP contribution in [0.15, 0.2) is 0 Å². The second-order valence-corrected chi connectivity index (χ2v) is 4.38. The van der Waals surface area contributed by atoms with E-state index in [2.05, 4.69) is 0 Å². The molecular formula is C12H20BaO4. The van der Waals surface area contributed by atoms with E-state index in [9.17, 15) is 19.8 Å². The van der Waals surface area contributed by atoms with E-state index in [4.69, 9.17) is 0 Å². The summed E-state index contributed by atoms with van der Waals surface area (Å²) in [7, 11) is 0. The van der Waals surface area contributed by atoms with Gasteiger partial charge in [0.25, 0.3) is 0 Å². The van der Waals surface area contributed by atoms with Crippen LogP contribution in [-0.4, -0.2) is 60.8 Å². The molecular weight excluding hydrogens is 345 g/mol. The van der Waals surface area contributed by atoms with Gasteiger partial charge in [-0.15, -0.1) is 0 Å². The molecule has 0 amide bonds. The smallest absolute Gasteiger partial charge is 0.549 e. The monoisotopic (exact) mass is 366 g/mol. The molecule has 1 atom stereocenters. The van der Waals surface area contributed by atoms with Gasteiger partial charge in [0, 0.05) is 5.41 Å². The summed E-state index contributed by atoms with van der Waals surface area (Å²) in [5, 5.41) is 21.9. The first-order valence-electron chi connectivity index (χ1n) is 5.84. The zero-order chi connectivity index (χ0) is 12.8. The molecule has 0 rings (SSSR count). The Morgan fingerprint density at radius 3 is 1.88 bits per heavy atom. The molecule has 0 fully saturated rings. The molecule has 4 nitrogen and oxygen atoms in total. The predicted molar refractivity (Wildman–Crippen MR) is 61.8 cm³/mol. The largest absolute Gasteiger partial charge is 2.00 e. The standard InChI is InChI=1S/C12H22O4.Ba/c1-4-6-7-8-9(5-2)12(3,10(13)14)11(15)16;/h9H,4-8H2,1-3H3,(H,13,14)(H,15,16);/q;+2/p-2. The summed E-state index contributed by atoms with van der Waals surface area (Å²) in [6.07, 6.45) is 3.92. The van der Waals surface area contributed by atoms with Gasteiger partial charge in [0.1, 0.15) is 0 Å². The van der Waals surface area contributed by atoms with Crippen molar-refractivity contribution in [1.29, 1.82) is 0 Å². The Bertz CT molecular complexity index is 239. The molecule has 0 radical (unpaired) electrons. The van der Waals surface area contributed by atoms with Crippen molar-refractivity contribution in [3.8, 4) is 0 Å². The van der Waals surface area contributed by atoms with Gasteiger partial charge in [-0.05, 0) is 19.3 Å². The van der Waals surface area contributed by atoms with Crippen molar-refractivity contribution in [3.63, 3.8) is 0 Å². The minimum atomic E-state index is -1.87. The van der Waals surface area contributed by atoms with E-state index in [0.29, 0.717) is 12.8 Å². The van der Waals surface area contributed by atoms with E-state index < -0.39 is 23.3 Å². The first-order chi connectivity index (χ1) is 7.41. The summed E-state index contributed by atoms with van der Waals surface area (Å²) < 4.78 is 0. The molecule has 0 aromatic carbocycles. The van der Waals surface area contributed by atoms with Crippen molar-refractivity contribution >= 4 is 60.8 Å². The number of carboxylic acids is 2. The number of hydrogen-bond donors (Lipinski definition) is 0. The van der Waals surface area contributed by atoms with Crippen molar-refractivity contribution in [2.24, 2.45) is 11.3 Å². The van der Waals surface area contributed by atoms with Gasteiger partial charge in [-0.2, -0.15) is 0 Å². The Balaban J connectivity index is 0. The van der Waals surface area contributed by atoms with E-state index in [-0.39, 0.29) is 48.9 Å². The van der Waals surface area contributed by atoms with Crippen LogP contribution in [0.25, 0.3) is 0 Å². The number of rotatable bonds is 8. The maximum absolute atomic E-state index is 11.0. The third kappa shape index (κ3) is 5.34. The number of carbonyl (C=O) groups excluding carboxylic acids is 2. The Hall–Kier alpha value is 0.511. The molecule has 0 spiro atoms. The molecule has 94 valence electrons. The van der Waals surface area contributed by atoms with E-state index in [1.807, 2.05) is 6.92 Å². The number of aliphatic carboxylic acids is 2. The number of carbonyl (C=O) groups is 2. The summed E-state index contributed by atoms with van der Waals surface area (Å²) in [5.41, 5.74) is -1.87. The average Bonchev–Trinajstić information content (AvgIpc) is 2.23. The Morgan fingerprint density at radius 2 is 1.59 bits per heavy atom. The first-order valence-corrected chi connectivity index (χ1v) is 5.84. The van der Waals surface area contributed by atoms with Gasteiger partial charge in [-0.25, -0.2) is 0 Å². The minimum absolute atomic E-state index is 0. The molecule has 0 aliphatic carbocycles. The zero-order valence-electron chi connectivity index (χ0n) is 11.0. The van der Waals surface area contributed by atoms with E-state index in [1.54, 1.807) is 6.92 Å². The van der Waals surface area contributed by atoms with Crippen LogP contribution in [0, 0.1) is 11.3 Å². The van der Waals surface area contributed by atoms with Crippen LogP contribution in [0.2, 0.25) is 0 Å². The molecule has 0 bridgehead atoms. The fourth-order valence-electron chi connectivity index (χ4n) is 1.96. The van der Waals surface area contributed by atoms with E-state index in [1.165, 1.54) is 6.92 Å². The van der Waals surface area contributed by atoms with Gasteiger partial charge in [0.05, 0.1) is 11.9 Å². The summed E-state index contributed by atoms with van der Waals surface area (Å²) in [4.78, 5) is 21.9. The second kappa shape index (κ2) is 9.44. The zero-order valence-corrected chi connectivity index (χ0v) is 15.4. The van der Waals surface area contributed by atoms with Crippen LogP contribution in [-0.2, 0) is 9.59 Å². The van der Waals surface area contributed by atoms with E-state index >= 15 is 0 Å². The average molecular weight is 366 g/mol. The van der Waals surface area contributed by atoms with Gasteiger partial charge in [-0.1, -0.05) is 39.5 Å². The van der Waals surface area contributed by atoms with Crippen LogP contribution in [0.3, 0.4) is 0 Å². The molecule has 0 heterocycles. The quantitative estimate of drug-likeness (QED) is 0.337. The first kappa shape index (κ1) is 19.8. The van der Waals surface area contributed by atoms with Crippen LogP contribution >= 0.6 is 0 Å². The Morgan fingerprint density at radius 1 is 1.12 bits per heavy atom. The number of carboxylic acid groups (broad SMARTS) is 2. The molecule has 0 aromatic heterocycles. The van der Waals surface area contributed by atoms with Crippen molar-refractivity contribution in [3.05, 3.63) is 0 Å². The summed E-state index contributed by atoms with van der Waals surface area (Å²) in [6, 6.07) is 0. The van der Waals surface area contributed by atoms with Crippen LogP contribution in [0.5, 0.6) is 0 Å². The maximum Gasteiger partial charge on any atom is 2.00 e. The summed E-state index contributed by atoms with van der Waals surface area (Å²) >= 11 is 0. The van der Waals surface area contributed by atoms with Gasteiger partial charge < -0.3 is 19.8 Å². The molecule has 17 heavy (non-hydrogen) atoms. The number of hydrogen-bond acceptors (Lipinski definition) is 4. The van der Waals surface area contributed by atoms with E-state index in [0.717, 1.165) is 19.3 Å². The molecule has 0 aromatic rings. The van der Waals surface area contributed by atoms with Crippen molar-refractivity contribution < 1.29 is 19.8 Å². The van der Waals surface area contributed by atoms with Gasteiger partial charge in [0.15, 0.2) is 0 Å². The summed E-state index contributed by atoms with van der Waals surface area (Å²) in [6.45, 7) is 5.02. The normalized spacial score (nSPS) is 12.6. The Labute approximate surface area is 143 Å². The number of unbranched alkanes of at least 4 members (excludes halogenated alkanes) is 2. The molecule has 0 N–H and O–H groups in total. The molecule has 0 aliphatic heterocycles. The second-order valence-electron chi connectivity index (χ2n) is 4.38. The fourth-order valence-corrected chi connectivity index (χ4v) is 1.96.